The summed E-state index contributed by atoms with van der Waals surface area (Å²) < 4.78 is 25.7. The molecule has 0 bridgehead atoms. The number of benzene rings is 1. The van der Waals surface area contributed by atoms with Gasteiger partial charge in [-0.05, 0) is 13.8 Å². The lowest BCUT2D eigenvalue weighted by Crippen LogP contribution is -2.19. The summed E-state index contributed by atoms with van der Waals surface area (Å²) in [6, 6.07) is 2.53. The van der Waals surface area contributed by atoms with E-state index in [9.17, 15) is 19.7 Å². The van der Waals surface area contributed by atoms with Crippen molar-refractivity contribution < 1.29 is 38.2 Å². The van der Waals surface area contributed by atoms with Crippen LogP contribution in [0.15, 0.2) is 12.1 Å². The van der Waals surface area contributed by atoms with Crippen LogP contribution in [0.3, 0.4) is 0 Å². The van der Waals surface area contributed by atoms with Crippen molar-refractivity contribution in [3.8, 4) is 11.5 Å². The molecule has 12 nitrogen and oxygen atoms in total. The molecule has 1 amide bonds. The Morgan fingerprint density at radius 2 is 1.69 bits per heavy atom. The normalized spacial score (nSPS) is 10.0. The van der Waals surface area contributed by atoms with Crippen LogP contribution in [0.5, 0.6) is 11.5 Å². The third-order valence-corrected chi connectivity index (χ3v) is 3.64. The van der Waals surface area contributed by atoms with Gasteiger partial charge in [0.05, 0.1) is 69.9 Å². The van der Waals surface area contributed by atoms with Gasteiger partial charge in [-0.15, -0.1) is 0 Å². The number of nitrogens with one attached hydrogen (secondary N) is 1. The molecule has 1 rings (SSSR count). The molecule has 0 aromatic heterocycles. The molecule has 32 heavy (non-hydrogen) atoms. The van der Waals surface area contributed by atoms with Gasteiger partial charge in [-0.1, -0.05) is 0 Å². The molecule has 0 fully saturated rings. The van der Waals surface area contributed by atoms with Gasteiger partial charge in [-0.3, -0.25) is 19.7 Å². The number of methoxy groups -OCH3 is 1. The molecular weight excluding hydrogens is 426 g/mol. The van der Waals surface area contributed by atoms with Crippen molar-refractivity contribution in [3.63, 3.8) is 0 Å². The third-order valence-electron chi connectivity index (χ3n) is 3.64. The highest BCUT2D eigenvalue weighted by molar-refractivity contribution is 5.98. The van der Waals surface area contributed by atoms with Crippen molar-refractivity contribution in [2.24, 2.45) is 5.73 Å². The summed E-state index contributed by atoms with van der Waals surface area (Å²) in [6.45, 7) is 7.68. The van der Waals surface area contributed by atoms with E-state index in [1.54, 1.807) is 6.92 Å². The maximum Gasteiger partial charge on any atom is 0.284 e. The lowest BCUT2D eigenvalue weighted by Gasteiger charge is -2.10. The zero-order valence-corrected chi connectivity index (χ0v) is 18.8. The average Bonchev–Trinajstić information content (AvgIpc) is 2.77. The molecule has 12 heteroatoms. The number of nitro groups is 1. The molecule has 0 radical (unpaired) electrons. The molecular formula is C20H33N3O9. The van der Waals surface area contributed by atoms with E-state index in [0.29, 0.717) is 71.5 Å². The van der Waals surface area contributed by atoms with Gasteiger partial charge in [0.25, 0.3) is 5.69 Å². The molecule has 0 atom stereocenters. The van der Waals surface area contributed by atoms with Crippen molar-refractivity contribution in [1.29, 1.82) is 0 Å². The largest absolute Gasteiger partial charge is 0.493 e. The second kappa shape index (κ2) is 18.9. The summed E-state index contributed by atoms with van der Waals surface area (Å²) in [4.78, 5) is 31.4. The molecule has 3 N–H and O–H groups in total. The first-order valence-corrected chi connectivity index (χ1v) is 10.0. The minimum atomic E-state index is -0.612. The van der Waals surface area contributed by atoms with Crippen LogP contribution in [0.25, 0.3) is 0 Å². The van der Waals surface area contributed by atoms with E-state index in [0.717, 1.165) is 0 Å². The van der Waals surface area contributed by atoms with E-state index in [1.165, 1.54) is 26.2 Å². The quantitative estimate of drug-likeness (QED) is 0.113. The summed E-state index contributed by atoms with van der Waals surface area (Å²) in [6.07, 6.45) is 0.647. The monoisotopic (exact) mass is 459 g/mol. The van der Waals surface area contributed by atoms with Gasteiger partial charge in [-0.2, -0.15) is 0 Å². The van der Waals surface area contributed by atoms with E-state index in [4.69, 9.17) is 29.4 Å². The van der Waals surface area contributed by atoms with Crippen LogP contribution in [0, 0.1) is 10.1 Å². The molecule has 0 saturated carbocycles. The van der Waals surface area contributed by atoms with Gasteiger partial charge in [0.1, 0.15) is 0 Å². The maximum absolute atomic E-state index is 11.3. The van der Waals surface area contributed by atoms with Crippen LogP contribution >= 0.6 is 0 Å². The van der Waals surface area contributed by atoms with Gasteiger partial charge < -0.3 is 34.7 Å². The first kappa shape index (κ1) is 29.2. The average molecular weight is 459 g/mol. The van der Waals surface area contributed by atoms with Crippen LogP contribution < -0.4 is 20.5 Å². The molecule has 182 valence electrons. The van der Waals surface area contributed by atoms with Crippen molar-refractivity contribution in [2.45, 2.75) is 13.8 Å². The molecule has 0 heterocycles. The molecule has 0 aliphatic rings. The summed E-state index contributed by atoms with van der Waals surface area (Å²) in [5.41, 5.74) is 4.97. The number of hydrogen-bond acceptors (Lipinski definition) is 10. The Labute approximate surface area is 187 Å². The Morgan fingerprint density at radius 1 is 1.09 bits per heavy atom. The SMILES string of the molecule is CCOc1cc([N+](=O)[O-])c(C(C)=O)cc1OC.NCCOCCOCCOCCNC=O. The second-order valence-electron chi connectivity index (χ2n) is 5.96. The Hall–Kier alpha value is -2.80. The van der Waals surface area contributed by atoms with Gasteiger partial charge in [-0.25, -0.2) is 0 Å². The highest BCUT2D eigenvalue weighted by atomic mass is 16.6. The summed E-state index contributed by atoms with van der Waals surface area (Å²) in [5, 5.41) is 13.3. The zero-order chi connectivity index (χ0) is 24.2. The number of nitrogens with two attached hydrogens (primary N) is 1. The predicted molar refractivity (Wildman–Crippen MR) is 116 cm³/mol. The van der Waals surface area contributed by atoms with Crippen molar-refractivity contribution in [3.05, 3.63) is 27.8 Å². The number of ether oxygens (including phenoxy) is 5. The highest BCUT2D eigenvalue weighted by Crippen LogP contribution is 2.34. The van der Waals surface area contributed by atoms with Gasteiger partial charge in [0.15, 0.2) is 17.3 Å². The standard InChI is InChI=1S/C11H13NO5.C9H20N2O4/c1-4-17-11-6-9(12(14)15)8(7(2)13)5-10(11)16-3;10-1-3-13-5-7-15-8-6-14-4-2-11-9-12/h5-6H,4H2,1-3H3;9H,1-8,10H2,(H,11,12). The molecule has 0 aliphatic heterocycles. The van der Waals surface area contributed by atoms with Crippen LogP contribution in [0.4, 0.5) is 5.69 Å². The number of hydrogen-bond donors (Lipinski definition) is 2. The number of amides is 1. The second-order valence-corrected chi connectivity index (χ2v) is 5.96. The molecule has 0 spiro atoms. The number of nitrogens with zero attached hydrogens (tertiary/aromatic N) is 1. The zero-order valence-electron chi connectivity index (χ0n) is 18.8. The van der Waals surface area contributed by atoms with E-state index in [1.807, 2.05) is 0 Å². The Balaban J connectivity index is 0.000000607. The number of Topliss-reactive ketones (excluding diaryl/α,β-unsaturated/α-hetero) is 1. The fraction of sp³-hybridized carbons (Fsp3) is 0.600. The van der Waals surface area contributed by atoms with Crippen molar-refractivity contribution >= 4 is 17.9 Å². The highest BCUT2D eigenvalue weighted by Gasteiger charge is 2.22. The fourth-order valence-electron chi connectivity index (χ4n) is 2.23. The van der Waals surface area contributed by atoms with Crippen LogP contribution in [-0.2, 0) is 19.0 Å². The van der Waals surface area contributed by atoms with Crippen molar-refractivity contribution in [1.82, 2.24) is 5.32 Å². The lowest BCUT2D eigenvalue weighted by molar-refractivity contribution is -0.385. The summed E-state index contributed by atoms with van der Waals surface area (Å²) >= 11 is 0. The topological polar surface area (TPSA) is 161 Å². The first-order chi connectivity index (χ1) is 15.4. The third kappa shape index (κ3) is 12.8. The number of nitro benzene ring substituents is 1. The summed E-state index contributed by atoms with van der Waals surface area (Å²) in [5.74, 6) is 0.174. The molecule has 1 aromatic carbocycles. The minimum Gasteiger partial charge on any atom is -0.493 e. The number of carbonyl (C=O) groups is 2. The van der Waals surface area contributed by atoms with E-state index < -0.39 is 10.7 Å². The minimum absolute atomic E-state index is 0.00954. The Bertz CT molecular complexity index is 687. The Morgan fingerprint density at radius 3 is 2.16 bits per heavy atom. The number of carbonyl (C=O) groups excluding carboxylic acids is 2. The van der Waals surface area contributed by atoms with E-state index in [2.05, 4.69) is 5.32 Å². The molecule has 0 saturated heterocycles. The Kier molecular flexibility index (Phi) is 17.3. The van der Waals surface area contributed by atoms with Gasteiger partial charge in [0, 0.05) is 19.2 Å². The maximum atomic E-state index is 11.3. The summed E-state index contributed by atoms with van der Waals surface area (Å²) in [7, 11) is 1.41. The smallest absolute Gasteiger partial charge is 0.284 e. The van der Waals surface area contributed by atoms with Crippen LogP contribution in [0.2, 0.25) is 0 Å². The van der Waals surface area contributed by atoms with Crippen molar-refractivity contribution in [2.75, 3.05) is 66.4 Å². The van der Waals surface area contributed by atoms with E-state index in [-0.39, 0.29) is 17.0 Å². The lowest BCUT2D eigenvalue weighted by atomic mass is 10.1. The molecule has 0 aliphatic carbocycles. The number of ketones is 1. The van der Waals surface area contributed by atoms with Gasteiger partial charge in [0.2, 0.25) is 6.41 Å². The predicted octanol–water partition coefficient (Wildman–Crippen LogP) is 0.946. The molecule has 1 aromatic rings. The fourth-order valence-corrected chi connectivity index (χ4v) is 2.23. The van der Waals surface area contributed by atoms with E-state index >= 15 is 0 Å². The number of rotatable bonds is 17. The van der Waals surface area contributed by atoms with Crippen LogP contribution in [-0.4, -0.2) is 83.6 Å². The first-order valence-electron chi connectivity index (χ1n) is 10.0. The van der Waals surface area contributed by atoms with Gasteiger partial charge >= 0.3 is 0 Å². The van der Waals surface area contributed by atoms with Crippen LogP contribution in [0.1, 0.15) is 24.2 Å². The molecule has 0 unspecified atom stereocenters.